The molecule has 3 N–H and O–H groups in total. The fourth-order valence-corrected chi connectivity index (χ4v) is 2.39. The molecule has 0 fully saturated rings. The lowest BCUT2D eigenvalue weighted by Gasteiger charge is -2.15. The number of anilines is 1. The molecule has 0 radical (unpaired) electrons. The van der Waals surface area contributed by atoms with Crippen LogP contribution in [-0.2, 0) is 0 Å². The third-order valence-electron chi connectivity index (χ3n) is 3.05. The molecule has 1 unspecified atom stereocenters. The van der Waals surface area contributed by atoms with Crippen molar-refractivity contribution in [1.82, 2.24) is 10.3 Å². The number of halogens is 2. The first-order chi connectivity index (χ1) is 10.5. The summed E-state index contributed by atoms with van der Waals surface area (Å²) in [5.74, 6) is 0. The molecule has 2 aromatic rings. The number of nitrogens with one attached hydrogen (secondary N) is 2. The predicted octanol–water partition coefficient (Wildman–Crippen LogP) is 3.55. The van der Waals surface area contributed by atoms with E-state index in [0.29, 0.717) is 21.3 Å². The molecule has 0 bridgehead atoms. The van der Waals surface area contributed by atoms with Crippen LogP contribution in [0.2, 0.25) is 10.0 Å². The van der Waals surface area contributed by atoms with Crippen molar-refractivity contribution >= 4 is 34.9 Å². The van der Waals surface area contributed by atoms with E-state index < -0.39 is 12.1 Å². The van der Waals surface area contributed by atoms with Gasteiger partial charge >= 0.3 is 6.03 Å². The molecule has 5 nitrogen and oxygen atoms in total. The van der Waals surface area contributed by atoms with E-state index in [1.165, 1.54) is 0 Å². The zero-order chi connectivity index (χ0) is 16.1. The number of carbonyl (C=O) groups excluding carboxylic acids is 1. The first-order valence-corrected chi connectivity index (χ1v) is 7.31. The minimum absolute atomic E-state index is 0.0251. The summed E-state index contributed by atoms with van der Waals surface area (Å²) in [6.07, 6.45) is 2.32. The smallest absolute Gasteiger partial charge is 0.319 e. The Hall–Kier alpha value is -1.82. The van der Waals surface area contributed by atoms with Gasteiger partial charge in [-0.05, 0) is 30.7 Å². The Morgan fingerprint density at radius 1 is 1.36 bits per heavy atom. The third kappa shape index (κ3) is 4.34. The van der Waals surface area contributed by atoms with Crippen molar-refractivity contribution in [2.24, 2.45) is 0 Å². The van der Waals surface area contributed by atoms with Gasteiger partial charge in [-0.25, -0.2) is 4.79 Å². The maximum Gasteiger partial charge on any atom is 0.319 e. The lowest BCUT2D eigenvalue weighted by atomic mass is 10.1. The molecule has 0 aliphatic carbocycles. The van der Waals surface area contributed by atoms with Crippen LogP contribution in [0.1, 0.15) is 17.2 Å². The standard InChI is InChI=1S/C15H15Cl2N3O2/c1-9-7-18-5-4-13(9)20-15(22)19-8-14(21)11-3-2-10(16)6-12(11)17/h2-7,14,21H,8H2,1H3,(H2,18,19,20,22). The molecule has 1 atom stereocenters. The van der Waals surface area contributed by atoms with Gasteiger partial charge in [0.25, 0.3) is 0 Å². The fourth-order valence-electron chi connectivity index (χ4n) is 1.85. The molecule has 2 rings (SSSR count). The Labute approximate surface area is 138 Å². The van der Waals surface area contributed by atoms with Gasteiger partial charge in [-0.1, -0.05) is 29.3 Å². The second-order valence-electron chi connectivity index (χ2n) is 4.71. The van der Waals surface area contributed by atoms with Crippen molar-refractivity contribution in [3.63, 3.8) is 0 Å². The van der Waals surface area contributed by atoms with Gasteiger partial charge in [0, 0.05) is 40.2 Å². The van der Waals surface area contributed by atoms with Crippen LogP contribution in [0.5, 0.6) is 0 Å². The van der Waals surface area contributed by atoms with E-state index in [1.807, 2.05) is 6.92 Å². The van der Waals surface area contributed by atoms with Crippen molar-refractivity contribution in [1.29, 1.82) is 0 Å². The van der Waals surface area contributed by atoms with Crippen molar-refractivity contribution < 1.29 is 9.90 Å². The molecule has 2 amide bonds. The zero-order valence-corrected chi connectivity index (χ0v) is 13.3. The predicted molar refractivity (Wildman–Crippen MR) is 87.4 cm³/mol. The number of urea groups is 1. The van der Waals surface area contributed by atoms with Crippen LogP contribution < -0.4 is 10.6 Å². The van der Waals surface area contributed by atoms with Gasteiger partial charge in [-0.2, -0.15) is 0 Å². The molecule has 0 saturated carbocycles. The molecule has 116 valence electrons. The van der Waals surface area contributed by atoms with Crippen molar-refractivity contribution in [2.45, 2.75) is 13.0 Å². The van der Waals surface area contributed by atoms with Gasteiger partial charge in [0.2, 0.25) is 0 Å². The number of hydrogen-bond donors (Lipinski definition) is 3. The molecule has 0 saturated heterocycles. The van der Waals surface area contributed by atoms with Crippen LogP contribution in [0.15, 0.2) is 36.7 Å². The van der Waals surface area contributed by atoms with Gasteiger partial charge in [-0.3, -0.25) is 4.98 Å². The van der Waals surface area contributed by atoms with E-state index >= 15 is 0 Å². The monoisotopic (exact) mass is 339 g/mol. The number of rotatable bonds is 4. The number of aliphatic hydroxyl groups excluding tert-OH is 1. The highest BCUT2D eigenvalue weighted by atomic mass is 35.5. The SMILES string of the molecule is Cc1cnccc1NC(=O)NCC(O)c1ccc(Cl)cc1Cl. The van der Waals surface area contributed by atoms with E-state index in [4.69, 9.17) is 23.2 Å². The molecule has 22 heavy (non-hydrogen) atoms. The first kappa shape index (κ1) is 16.5. The normalized spacial score (nSPS) is 11.8. The summed E-state index contributed by atoms with van der Waals surface area (Å²) in [6, 6.07) is 6.08. The second-order valence-corrected chi connectivity index (χ2v) is 5.55. The quantitative estimate of drug-likeness (QED) is 0.797. The van der Waals surface area contributed by atoms with Gasteiger partial charge in [0.1, 0.15) is 0 Å². The number of pyridine rings is 1. The van der Waals surface area contributed by atoms with Gasteiger partial charge < -0.3 is 15.7 Å². The summed E-state index contributed by atoms with van der Waals surface area (Å²) in [7, 11) is 0. The van der Waals surface area contributed by atoms with Crippen LogP contribution in [0.25, 0.3) is 0 Å². The number of nitrogens with zero attached hydrogens (tertiary/aromatic N) is 1. The molecule has 0 spiro atoms. The summed E-state index contributed by atoms with van der Waals surface area (Å²) in [5.41, 5.74) is 2.01. The summed E-state index contributed by atoms with van der Waals surface area (Å²) in [5, 5.41) is 16.2. The molecule has 0 aliphatic heterocycles. The highest BCUT2D eigenvalue weighted by Gasteiger charge is 2.13. The largest absolute Gasteiger partial charge is 0.387 e. The maximum atomic E-state index is 11.8. The number of hydrogen-bond acceptors (Lipinski definition) is 3. The minimum atomic E-state index is -0.922. The lowest BCUT2D eigenvalue weighted by Crippen LogP contribution is -2.32. The Bertz CT molecular complexity index is 680. The average Bonchev–Trinajstić information content (AvgIpc) is 2.47. The van der Waals surface area contributed by atoms with E-state index in [9.17, 15) is 9.90 Å². The van der Waals surface area contributed by atoms with Crippen LogP contribution in [0.3, 0.4) is 0 Å². The van der Waals surface area contributed by atoms with Crippen molar-refractivity contribution in [3.8, 4) is 0 Å². The van der Waals surface area contributed by atoms with E-state index in [0.717, 1.165) is 5.56 Å². The summed E-state index contributed by atoms with van der Waals surface area (Å²) in [6.45, 7) is 1.86. The Balaban J connectivity index is 1.92. The summed E-state index contributed by atoms with van der Waals surface area (Å²) in [4.78, 5) is 15.8. The Morgan fingerprint density at radius 2 is 2.14 bits per heavy atom. The minimum Gasteiger partial charge on any atom is -0.387 e. The summed E-state index contributed by atoms with van der Waals surface area (Å²) >= 11 is 11.8. The Kier molecular flexibility index (Phi) is 5.60. The molecular weight excluding hydrogens is 325 g/mol. The zero-order valence-electron chi connectivity index (χ0n) is 11.8. The number of carbonyl (C=O) groups is 1. The Morgan fingerprint density at radius 3 is 2.82 bits per heavy atom. The lowest BCUT2D eigenvalue weighted by molar-refractivity contribution is 0.175. The topological polar surface area (TPSA) is 74.2 Å². The van der Waals surface area contributed by atoms with Crippen molar-refractivity contribution in [2.75, 3.05) is 11.9 Å². The number of aromatic nitrogens is 1. The van der Waals surface area contributed by atoms with Crippen LogP contribution >= 0.6 is 23.2 Å². The number of benzene rings is 1. The highest BCUT2D eigenvalue weighted by Crippen LogP contribution is 2.25. The number of aryl methyl sites for hydroxylation is 1. The number of amides is 2. The average molecular weight is 340 g/mol. The molecule has 7 heteroatoms. The second kappa shape index (κ2) is 7.45. The van der Waals surface area contributed by atoms with Crippen LogP contribution in [0, 0.1) is 6.92 Å². The van der Waals surface area contributed by atoms with Gasteiger partial charge in [0.05, 0.1) is 6.10 Å². The van der Waals surface area contributed by atoms with E-state index in [2.05, 4.69) is 15.6 Å². The third-order valence-corrected chi connectivity index (χ3v) is 3.61. The first-order valence-electron chi connectivity index (χ1n) is 6.56. The summed E-state index contributed by atoms with van der Waals surface area (Å²) < 4.78 is 0. The highest BCUT2D eigenvalue weighted by molar-refractivity contribution is 6.35. The molecular formula is C15H15Cl2N3O2. The van der Waals surface area contributed by atoms with Crippen molar-refractivity contribution in [3.05, 3.63) is 57.8 Å². The molecule has 1 heterocycles. The van der Waals surface area contributed by atoms with Gasteiger partial charge in [0.15, 0.2) is 0 Å². The molecule has 1 aromatic heterocycles. The molecule has 0 aliphatic rings. The molecule has 1 aromatic carbocycles. The van der Waals surface area contributed by atoms with Crippen LogP contribution in [0.4, 0.5) is 10.5 Å². The fraction of sp³-hybridized carbons (Fsp3) is 0.200. The number of aliphatic hydroxyl groups is 1. The van der Waals surface area contributed by atoms with Gasteiger partial charge in [-0.15, -0.1) is 0 Å². The maximum absolute atomic E-state index is 11.8. The van der Waals surface area contributed by atoms with E-state index in [1.54, 1.807) is 36.7 Å². The van der Waals surface area contributed by atoms with E-state index in [-0.39, 0.29) is 6.54 Å². The van der Waals surface area contributed by atoms with Crippen LogP contribution in [-0.4, -0.2) is 22.7 Å².